The maximum atomic E-state index is 4.64. The van der Waals surface area contributed by atoms with Gasteiger partial charge in [0.15, 0.2) is 4.96 Å². The molecular weight excluding hydrogens is 298 g/mol. The lowest BCUT2D eigenvalue weighted by Gasteiger charge is -1.95. The molecule has 21 heavy (non-hydrogen) atoms. The van der Waals surface area contributed by atoms with Crippen LogP contribution in [0, 0.1) is 13.8 Å². The highest BCUT2D eigenvalue weighted by molar-refractivity contribution is 7.19. The first-order chi connectivity index (χ1) is 10.2. The Morgan fingerprint density at radius 1 is 1.10 bits per heavy atom. The molecule has 0 spiro atoms. The van der Waals surface area contributed by atoms with Crippen molar-refractivity contribution >= 4 is 50.0 Å². The normalized spacial score (nSPS) is 12.1. The summed E-state index contributed by atoms with van der Waals surface area (Å²) < 4.78 is 3.42. The first kappa shape index (κ1) is 12.7. The Kier molecular flexibility index (Phi) is 2.90. The molecule has 0 radical (unpaired) electrons. The van der Waals surface area contributed by atoms with Crippen molar-refractivity contribution in [3.8, 4) is 0 Å². The van der Waals surface area contributed by atoms with Crippen molar-refractivity contribution in [2.45, 2.75) is 13.8 Å². The first-order valence-corrected chi connectivity index (χ1v) is 8.39. The molecule has 0 aliphatic heterocycles. The van der Waals surface area contributed by atoms with E-state index >= 15 is 0 Å². The summed E-state index contributed by atoms with van der Waals surface area (Å²) in [4.78, 5) is 10.3. The zero-order chi connectivity index (χ0) is 14.4. The summed E-state index contributed by atoms with van der Waals surface area (Å²) in [6.45, 7) is 4.16. The molecule has 0 atom stereocenters. The summed E-state index contributed by atoms with van der Waals surface area (Å²) in [6.07, 6.45) is 4.20. The minimum absolute atomic E-state index is 1.03. The Labute approximate surface area is 130 Å². The summed E-state index contributed by atoms with van der Waals surface area (Å²) in [5.74, 6) is 0. The van der Waals surface area contributed by atoms with Crippen molar-refractivity contribution in [2.24, 2.45) is 0 Å². The number of rotatable bonds is 2. The fraction of sp³-hybridized carbons (Fsp3) is 0.125. The molecule has 0 aliphatic rings. The third kappa shape index (κ3) is 2.09. The average Bonchev–Trinajstić information content (AvgIpc) is 3.12. The zero-order valence-corrected chi connectivity index (χ0v) is 13.3. The summed E-state index contributed by atoms with van der Waals surface area (Å²) in [5.41, 5.74) is 4.48. The molecule has 0 fully saturated rings. The minimum Gasteiger partial charge on any atom is -0.288 e. The molecule has 0 amide bonds. The maximum Gasteiger partial charge on any atom is 0.194 e. The predicted molar refractivity (Wildman–Crippen MR) is 91.1 cm³/mol. The fourth-order valence-corrected chi connectivity index (χ4v) is 4.22. The average molecular weight is 311 g/mol. The Balaban J connectivity index is 1.79. The molecule has 0 unspecified atom stereocenters. The van der Waals surface area contributed by atoms with Gasteiger partial charge >= 0.3 is 0 Å². The van der Waals surface area contributed by atoms with Gasteiger partial charge in [0.1, 0.15) is 5.01 Å². The van der Waals surface area contributed by atoms with E-state index in [0.29, 0.717) is 0 Å². The Hall–Kier alpha value is -1.98. The predicted octanol–water partition coefficient (Wildman–Crippen LogP) is 4.79. The van der Waals surface area contributed by atoms with Crippen molar-refractivity contribution in [2.75, 3.05) is 0 Å². The van der Waals surface area contributed by atoms with Gasteiger partial charge in [-0.3, -0.25) is 4.40 Å². The van der Waals surface area contributed by atoms with Crippen molar-refractivity contribution < 1.29 is 0 Å². The van der Waals surface area contributed by atoms with Crippen molar-refractivity contribution in [1.82, 2.24) is 14.4 Å². The van der Waals surface area contributed by atoms with Gasteiger partial charge in [0.25, 0.3) is 0 Å². The number of aromatic nitrogens is 3. The molecule has 0 N–H and O–H groups in total. The van der Waals surface area contributed by atoms with Crippen LogP contribution in [-0.2, 0) is 0 Å². The van der Waals surface area contributed by atoms with E-state index < -0.39 is 0 Å². The van der Waals surface area contributed by atoms with E-state index in [1.165, 1.54) is 10.4 Å². The number of imidazole rings is 1. The van der Waals surface area contributed by atoms with Gasteiger partial charge in [-0.05, 0) is 38.1 Å². The van der Waals surface area contributed by atoms with Gasteiger partial charge in [0.05, 0.1) is 21.6 Å². The summed E-state index contributed by atoms with van der Waals surface area (Å²) in [6, 6.07) is 8.23. The topological polar surface area (TPSA) is 30.2 Å². The largest absolute Gasteiger partial charge is 0.288 e. The van der Waals surface area contributed by atoms with Crippen LogP contribution in [0.1, 0.15) is 22.1 Å². The second kappa shape index (κ2) is 4.79. The van der Waals surface area contributed by atoms with Crippen LogP contribution in [0.5, 0.6) is 0 Å². The number of aryl methyl sites for hydroxylation is 2. The number of hydrogen-bond acceptors (Lipinski definition) is 4. The van der Waals surface area contributed by atoms with Crippen molar-refractivity contribution in [3.63, 3.8) is 0 Å². The lowest BCUT2D eigenvalue weighted by atomic mass is 10.3. The van der Waals surface area contributed by atoms with Crippen LogP contribution >= 0.6 is 22.7 Å². The van der Waals surface area contributed by atoms with Gasteiger partial charge in [-0.1, -0.05) is 12.1 Å². The van der Waals surface area contributed by atoms with E-state index in [1.807, 2.05) is 12.1 Å². The van der Waals surface area contributed by atoms with Gasteiger partial charge in [-0.25, -0.2) is 9.97 Å². The molecule has 4 aromatic rings. The maximum absolute atomic E-state index is 4.64. The molecule has 1 aromatic carbocycles. The van der Waals surface area contributed by atoms with Crippen LogP contribution in [-0.4, -0.2) is 14.4 Å². The smallest absolute Gasteiger partial charge is 0.194 e. The van der Waals surface area contributed by atoms with Crippen LogP contribution in [0.3, 0.4) is 0 Å². The van der Waals surface area contributed by atoms with Gasteiger partial charge < -0.3 is 0 Å². The third-order valence-electron chi connectivity index (χ3n) is 3.45. The van der Waals surface area contributed by atoms with Gasteiger partial charge in [0, 0.05) is 11.1 Å². The second-order valence-corrected chi connectivity index (χ2v) is 6.83. The number of fused-ring (bicyclic) bond motifs is 2. The van der Waals surface area contributed by atoms with E-state index in [1.54, 1.807) is 22.7 Å². The van der Waals surface area contributed by atoms with Gasteiger partial charge in [0.2, 0.25) is 0 Å². The number of para-hydroxylation sites is 1. The molecule has 0 saturated carbocycles. The van der Waals surface area contributed by atoms with Gasteiger partial charge in [-0.15, -0.1) is 22.7 Å². The zero-order valence-electron chi connectivity index (χ0n) is 11.7. The molecule has 4 rings (SSSR count). The Bertz CT molecular complexity index is 939. The lowest BCUT2D eigenvalue weighted by Crippen LogP contribution is -1.87. The molecule has 0 bridgehead atoms. The molecule has 3 heterocycles. The highest BCUT2D eigenvalue weighted by atomic mass is 32.1. The standard InChI is InChI=1S/C16H13N3S2/c1-10-9-20-16-17-11(2)13(19(10)16)7-8-15-18-12-5-3-4-6-14(12)21-15/h3-9H,1-2H3. The van der Waals surface area contributed by atoms with Crippen molar-refractivity contribution in [3.05, 3.63) is 51.7 Å². The Morgan fingerprint density at radius 2 is 1.95 bits per heavy atom. The Morgan fingerprint density at radius 3 is 2.81 bits per heavy atom. The van der Waals surface area contributed by atoms with E-state index in [4.69, 9.17) is 0 Å². The first-order valence-electron chi connectivity index (χ1n) is 6.69. The van der Waals surface area contributed by atoms with Crippen LogP contribution in [0.4, 0.5) is 0 Å². The van der Waals surface area contributed by atoms with E-state index in [2.05, 4.69) is 57.9 Å². The summed E-state index contributed by atoms with van der Waals surface area (Å²) in [7, 11) is 0. The van der Waals surface area contributed by atoms with Crippen LogP contribution in [0.15, 0.2) is 29.6 Å². The van der Waals surface area contributed by atoms with E-state index in [9.17, 15) is 0 Å². The number of thiazole rings is 2. The number of hydrogen-bond donors (Lipinski definition) is 0. The van der Waals surface area contributed by atoms with Crippen molar-refractivity contribution in [1.29, 1.82) is 0 Å². The van der Waals surface area contributed by atoms with E-state index in [-0.39, 0.29) is 0 Å². The number of benzene rings is 1. The van der Waals surface area contributed by atoms with Gasteiger partial charge in [-0.2, -0.15) is 0 Å². The van der Waals surface area contributed by atoms with E-state index in [0.717, 1.165) is 26.9 Å². The SMILES string of the molecule is Cc1nc2scc(C)n2c1C=Cc1nc2ccccc2s1. The third-order valence-corrected chi connectivity index (χ3v) is 5.39. The molecule has 3 aromatic heterocycles. The molecule has 104 valence electrons. The number of nitrogens with zero attached hydrogens (tertiary/aromatic N) is 3. The highest BCUT2D eigenvalue weighted by Gasteiger charge is 2.09. The monoisotopic (exact) mass is 311 g/mol. The lowest BCUT2D eigenvalue weighted by molar-refractivity contribution is 1.11. The summed E-state index contributed by atoms with van der Waals surface area (Å²) in [5, 5.41) is 3.16. The van der Waals surface area contributed by atoms with Crippen LogP contribution < -0.4 is 0 Å². The van der Waals surface area contributed by atoms with Crippen LogP contribution in [0.2, 0.25) is 0 Å². The molecule has 3 nitrogen and oxygen atoms in total. The minimum atomic E-state index is 1.03. The molecule has 0 aliphatic carbocycles. The molecule has 5 heteroatoms. The molecular formula is C16H13N3S2. The molecule has 0 saturated heterocycles. The highest BCUT2D eigenvalue weighted by Crippen LogP contribution is 2.25. The fourth-order valence-electron chi connectivity index (χ4n) is 2.43. The van der Waals surface area contributed by atoms with Crippen LogP contribution in [0.25, 0.3) is 27.3 Å². The summed E-state index contributed by atoms with van der Waals surface area (Å²) >= 11 is 3.39. The second-order valence-electron chi connectivity index (χ2n) is 4.93. The quantitative estimate of drug-likeness (QED) is 0.532.